The summed E-state index contributed by atoms with van der Waals surface area (Å²) in [4.78, 5) is 17.4. The zero-order chi connectivity index (χ0) is 41.0. The summed E-state index contributed by atoms with van der Waals surface area (Å²) in [5, 5.41) is 1.17. The molecule has 0 N–H and O–H groups in total. The van der Waals surface area contributed by atoms with E-state index in [0.717, 1.165) is 81.1 Å². The molecule has 1 atom stereocenters. The minimum Gasteiger partial charge on any atom is -0.333 e. The minimum absolute atomic E-state index is 0.221. The Kier molecular flexibility index (Phi) is 10.8. The monoisotopic (exact) mass is 780 g/mol. The van der Waals surface area contributed by atoms with Gasteiger partial charge < -0.3 is 14.0 Å². The molecule has 60 heavy (non-hydrogen) atoms. The van der Waals surface area contributed by atoms with Crippen molar-refractivity contribution in [2.45, 2.75) is 39.3 Å². The van der Waals surface area contributed by atoms with E-state index in [4.69, 9.17) is 15.0 Å². The van der Waals surface area contributed by atoms with Crippen molar-refractivity contribution in [2.24, 2.45) is 9.98 Å². The van der Waals surface area contributed by atoms with Crippen molar-refractivity contribution < 1.29 is 0 Å². The minimum atomic E-state index is -0.221. The standard InChI is InChI=1S/C52H42N6.C2H6/c1-3-42-43-27-13-14-28-46(43)58(45(42)29-15-18-36-31-32-47-44(34-36)49-48(30-17-33-53-49)57(47)40-24-11-6-12-25-40)41-26-16-23-39(35-41)52-55-50(37-19-7-4-8-20-37)54-51(56(52)2)38-21-9-5-10-22-38;1-2/h3-17,19-30,33-35,51H,1,18,31-32H2,2H3;1-2H3/b29-15-;. The van der Waals surface area contributed by atoms with Gasteiger partial charge in [-0.3, -0.25) is 4.98 Å². The normalized spacial score (nSPS) is 14.9. The molecule has 0 saturated heterocycles. The number of aromatic nitrogens is 3. The number of rotatable bonds is 9. The van der Waals surface area contributed by atoms with Crippen LogP contribution in [0.4, 0.5) is 0 Å². The van der Waals surface area contributed by atoms with Gasteiger partial charge in [-0.15, -0.1) is 0 Å². The van der Waals surface area contributed by atoms with Gasteiger partial charge >= 0.3 is 0 Å². The number of para-hydroxylation sites is 2. The third kappa shape index (κ3) is 7.00. The SMILES string of the molecule is C=Cc1c(/C=C\CC2=Cc3c(n(-c4ccccc4)c4cccnc34)CC2)n(-c2cccc(C3=NC(c4ccccc4)=NC(c4ccccc4)N3C)c2)c2ccccc12.CC. The van der Waals surface area contributed by atoms with Gasteiger partial charge in [0.15, 0.2) is 5.84 Å². The van der Waals surface area contributed by atoms with Crippen LogP contribution in [-0.4, -0.2) is 37.7 Å². The molecule has 2 aliphatic rings. The van der Waals surface area contributed by atoms with Gasteiger partial charge in [0.2, 0.25) is 0 Å². The van der Waals surface area contributed by atoms with Crippen LogP contribution in [0.2, 0.25) is 0 Å². The molecule has 5 aromatic carbocycles. The molecular formula is C54H48N6. The highest BCUT2D eigenvalue weighted by Gasteiger charge is 2.27. The van der Waals surface area contributed by atoms with E-state index in [2.05, 4.69) is 167 Å². The van der Waals surface area contributed by atoms with Crippen molar-refractivity contribution in [2.75, 3.05) is 7.05 Å². The van der Waals surface area contributed by atoms with Gasteiger partial charge in [0.05, 0.1) is 22.2 Å². The maximum atomic E-state index is 5.22. The summed E-state index contributed by atoms with van der Waals surface area (Å²) in [6.45, 7) is 8.30. The topological polar surface area (TPSA) is 50.7 Å². The van der Waals surface area contributed by atoms with E-state index in [0.29, 0.717) is 0 Å². The fraction of sp³-hybridized carbons (Fsp3) is 0.130. The fourth-order valence-electron chi connectivity index (χ4n) is 8.67. The van der Waals surface area contributed by atoms with Crippen molar-refractivity contribution in [1.29, 1.82) is 0 Å². The van der Waals surface area contributed by atoms with Gasteiger partial charge in [0.25, 0.3) is 0 Å². The number of hydrogen-bond acceptors (Lipinski definition) is 4. The van der Waals surface area contributed by atoms with Gasteiger partial charge in [-0.2, -0.15) is 0 Å². The Bertz CT molecular complexity index is 2950. The van der Waals surface area contributed by atoms with Crippen LogP contribution in [-0.2, 0) is 6.42 Å². The Hall–Kier alpha value is -7.31. The van der Waals surface area contributed by atoms with Crippen molar-refractivity contribution in [3.05, 3.63) is 215 Å². The summed E-state index contributed by atoms with van der Waals surface area (Å²) in [5.74, 6) is 1.59. The average molecular weight is 781 g/mol. The maximum Gasteiger partial charge on any atom is 0.159 e. The molecule has 0 saturated carbocycles. The number of hydrogen-bond donors (Lipinski definition) is 0. The molecule has 294 valence electrons. The summed E-state index contributed by atoms with van der Waals surface area (Å²) in [7, 11) is 2.09. The molecule has 0 amide bonds. The lowest BCUT2D eigenvalue weighted by Gasteiger charge is -2.32. The van der Waals surface area contributed by atoms with E-state index in [1.165, 1.54) is 27.9 Å². The van der Waals surface area contributed by atoms with Gasteiger partial charge in [-0.25, -0.2) is 9.98 Å². The lowest BCUT2D eigenvalue weighted by atomic mass is 9.94. The Labute approximate surface area is 352 Å². The van der Waals surface area contributed by atoms with E-state index < -0.39 is 0 Å². The van der Waals surface area contributed by atoms with Crippen LogP contribution in [0.3, 0.4) is 0 Å². The fourth-order valence-corrected chi connectivity index (χ4v) is 8.67. The molecule has 10 rings (SSSR count). The third-order valence-electron chi connectivity index (χ3n) is 11.4. The summed E-state index contributed by atoms with van der Waals surface area (Å²) in [6.07, 6.45) is 13.4. The van der Waals surface area contributed by atoms with Crippen LogP contribution < -0.4 is 0 Å². The van der Waals surface area contributed by atoms with Crippen molar-refractivity contribution >= 4 is 51.8 Å². The number of amidine groups is 2. The van der Waals surface area contributed by atoms with Crippen molar-refractivity contribution in [3.8, 4) is 11.4 Å². The summed E-state index contributed by atoms with van der Waals surface area (Å²) >= 11 is 0. The highest BCUT2D eigenvalue weighted by Crippen LogP contribution is 2.37. The van der Waals surface area contributed by atoms with Gasteiger partial charge in [0.1, 0.15) is 12.0 Å². The van der Waals surface area contributed by atoms with Gasteiger partial charge in [-0.1, -0.05) is 153 Å². The molecule has 4 heterocycles. The first-order valence-electron chi connectivity index (χ1n) is 20.9. The van der Waals surface area contributed by atoms with E-state index in [-0.39, 0.29) is 6.17 Å². The smallest absolute Gasteiger partial charge is 0.159 e. The number of nitrogens with zero attached hydrogens (tertiary/aromatic N) is 6. The number of pyridine rings is 1. The first kappa shape index (κ1) is 38.2. The van der Waals surface area contributed by atoms with Gasteiger partial charge in [0, 0.05) is 58.0 Å². The van der Waals surface area contributed by atoms with Crippen LogP contribution in [0.25, 0.3) is 51.5 Å². The summed E-state index contributed by atoms with van der Waals surface area (Å²) < 4.78 is 4.75. The molecule has 1 aliphatic carbocycles. The Morgan fingerprint density at radius 2 is 1.38 bits per heavy atom. The summed E-state index contributed by atoms with van der Waals surface area (Å²) in [5.41, 5.74) is 14.9. The molecule has 6 heteroatoms. The second-order valence-electron chi connectivity index (χ2n) is 14.9. The quantitative estimate of drug-likeness (QED) is 0.146. The summed E-state index contributed by atoms with van der Waals surface area (Å²) in [6, 6.07) is 52.9. The zero-order valence-corrected chi connectivity index (χ0v) is 34.4. The number of benzene rings is 5. The predicted molar refractivity (Wildman–Crippen MR) is 252 cm³/mol. The molecule has 0 fully saturated rings. The first-order valence-corrected chi connectivity index (χ1v) is 20.9. The maximum absolute atomic E-state index is 5.22. The molecule has 0 spiro atoms. The Balaban J connectivity index is 0.00000228. The first-order chi connectivity index (χ1) is 29.7. The zero-order valence-electron chi connectivity index (χ0n) is 34.4. The van der Waals surface area contributed by atoms with Crippen LogP contribution in [0, 0.1) is 0 Å². The number of allylic oxidation sites excluding steroid dienone is 2. The second kappa shape index (κ2) is 16.9. The van der Waals surface area contributed by atoms with E-state index in [1.54, 1.807) is 0 Å². The molecule has 1 aliphatic heterocycles. The van der Waals surface area contributed by atoms with Crippen molar-refractivity contribution in [1.82, 2.24) is 19.0 Å². The second-order valence-corrected chi connectivity index (χ2v) is 14.9. The average Bonchev–Trinajstić information content (AvgIpc) is 3.82. The lowest BCUT2D eigenvalue weighted by Crippen LogP contribution is -2.35. The van der Waals surface area contributed by atoms with Crippen LogP contribution in [0.15, 0.2) is 186 Å². The van der Waals surface area contributed by atoms with Gasteiger partial charge in [-0.05, 0) is 73.4 Å². The number of aliphatic imine (C=N–C) groups is 2. The molecule has 6 nitrogen and oxygen atoms in total. The van der Waals surface area contributed by atoms with Crippen LogP contribution in [0.1, 0.15) is 72.1 Å². The van der Waals surface area contributed by atoms with Crippen molar-refractivity contribution in [3.63, 3.8) is 0 Å². The molecule has 0 bridgehead atoms. The van der Waals surface area contributed by atoms with E-state index >= 15 is 0 Å². The Morgan fingerprint density at radius 3 is 2.17 bits per heavy atom. The lowest BCUT2D eigenvalue weighted by molar-refractivity contribution is 0.383. The molecule has 3 aromatic heterocycles. The highest BCUT2D eigenvalue weighted by atomic mass is 15.3. The molecule has 1 unspecified atom stereocenters. The van der Waals surface area contributed by atoms with E-state index in [1.807, 2.05) is 56.5 Å². The molecular weight excluding hydrogens is 733 g/mol. The Morgan fingerprint density at radius 1 is 0.700 bits per heavy atom. The number of fused-ring (bicyclic) bond motifs is 4. The molecule has 0 radical (unpaired) electrons. The van der Waals surface area contributed by atoms with Crippen LogP contribution in [0.5, 0.6) is 0 Å². The third-order valence-corrected chi connectivity index (χ3v) is 11.4. The van der Waals surface area contributed by atoms with Crippen LogP contribution >= 0.6 is 0 Å². The largest absolute Gasteiger partial charge is 0.333 e. The highest BCUT2D eigenvalue weighted by molar-refractivity contribution is 6.13. The van der Waals surface area contributed by atoms with E-state index in [9.17, 15) is 0 Å². The predicted octanol–water partition coefficient (Wildman–Crippen LogP) is 12.9. The molecule has 8 aromatic rings.